The highest BCUT2D eigenvalue weighted by Gasteiger charge is 2.46. The van der Waals surface area contributed by atoms with Crippen molar-refractivity contribution in [2.45, 2.75) is 46.6 Å². The van der Waals surface area contributed by atoms with E-state index in [9.17, 15) is 20.2 Å². The third kappa shape index (κ3) is 4.30. The molecule has 0 fully saturated rings. The Kier molecular flexibility index (Phi) is 6.07. The van der Waals surface area contributed by atoms with E-state index >= 15 is 0 Å². The first-order chi connectivity index (χ1) is 13.0. The van der Waals surface area contributed by atoms with Crippen LogP contribution in [0.25, 0.3) is 0 Å². The molecule has 2 aromatic rings. The molecule has 7 nitrogen and oxygen atoms in total. The van der Waals surface area contributed by atoms with Crippen molar-refractivity contribution in [3.8, 4) is 5.75 Å². The number of rotatable bonds is 8. The zero-order valence-electron chi connectivity index (χ0n) is 16.8. The summed E-state index contributed by atoms with van der Waals surface area (Å²) < 4.78 is 6.32. The second-order valence-corrected chi connectivity index (χ2v) is 8.15. The van der Waals surface area contributed by atoms with Gasteiger partial charge in [0.15, 0.2) is 5.75 Å². The molecular formula is C21H26N2O5. The molecule has 0 aliphatic heterocycles. The van der Waals surface area contributed by atoms with Gasteiger partial charge in [0.25, 0.3) is 5.69 Å². The number of ether oxygens (including phenoxy) is 1. The quantitative estimate of drug-likeness (QED) is 0.417. The van der Waals surface area contributed by atoms with E-state index in [1.54, 1.807) is 0 Å². The fourth-order valence-electron chi connectivity index (χ4n) is 3.63. The van der Waals surface area contributed by atoms with Gasteiger partial charge in [0, 0.05) is 11.5 Å². The number of hydrogen-bond donors (Lipinski definition) is 0. The van der Waals surface area contributed by atoms with Crippen LogP contribution in [-0.4, -0.2) is 9.85 Å². The average molecular weight is 386 g/mol. The summed E-state index contributed by atoms with van der Waals surface area (Å²) in [6, 6.07) is 13.0. The zero-order valence-corrected chi connectivity index (χ0v) is 16.8. The molecule has 2 aromatic carbocycles. The third-order valence-corrected chi connectivity index (χ3v) is 5.20. The molecule has 0 unspecified atom stereocenters. The van der Waals surface area contributed by atoms with Gasteiger partial charge in [-0.3, -0.25) is 20.2 Å². The van der Waals surface area contributed by atoms with Crippen molar-refractivity contribution in [3.63, 3.8) is 0 Å². The van der Waals surface area contributed by atoms with E-state index in [1.165, 1.54) is 12.1 Å². The van der Waals surface area contributed by atoms with E-state index in [0.717, 1.165) is 18.1 Å². The van der Waals surface area contributed by atoms with Gasteiger partial charge in [-0.1, -0.05) is 58.0 Å². The molecule has 28 heavy (non-hydrogen) atoms. The number of benzene rings is 2. The SMILES string of the molecule is CC(C)CC(C)(C)[C@](C)(Oc1ccc([N+](=O)[O-])cc1[N+](=O)[O-])c1ccccc1. The van der Waals surface area contributed by atoms with Crippen LogP contribution in [0, 0.1) is 31.6 Å². The van der Waals surface area contributed by atoms with Crippen molar-refractivity contribution in [2.75, 3.05) is 0 Å². The Hall–Kier alpha value is -2.96. The van der Waals surface area contributed by atoms with Gasteiger partial charge in [-0.2, -0.15) is 0 Å². The maximum atomic E-state index is 11.5. The number of nitro benzene ring substituents is 2. The highest BCUT2D eigenvalue weighted by Crippen LogP contribution is 2.48. The van der Waals surface area contributed by atoms with Crippen molar-refractivity contribution in [1.29, 1.82) is 0 Å². The highest BCUT2D eigenvalue weighted by atomic mass is 16.6. The predicted molar refractivity (Wildman–Crippen MR) is 107 cm³/mol. The van der Waals surface area contributed by atoms with E-state index in [-0.39, 0.29) is 16.9 Å². The largest absolute Gasteiger partial charge is 0.475 e. The first-order valence-electron chi connectivity index (χ1n) is 9.15. The van der Waals surface area contributed by atoms with Gasteiger partial charge in [-0.15, -0.1) is 0 Å². The van der Waals surface area contributed by atoms with Crippen molar-refractivity contribution in [3.05, 3.63) is 74.3 Å². The Labute approximate surface area is 164 Å². The minimum absolute atomic E-state index is 0.0128. The highest BCUT2D eigenvalue weighted by molar-refractivity contribution is 5.54. The summed E-state index contributed by atoms with van der Waals surface area (Å²) in [6.45, 7) is 10.3. The lowest BCUT2D eigenvalue weighted by Crippen LogP contribution is -2.45. The predicted octanol–water partition coefficient (Wildman–Crippen LogP) is 5.87. The number of nitro groups is 2. The average Bonchev–Trinajstić information content (AvgIpc) is 2.61. The number of nitrogens with zero attached hydrogens (tertiary/aromatic N) is 2. The van der Waals surface area contributed by atoms with E-state index in [1.807, 2.05) is 37.3 Å². The normalized spacial score (nSPS) is 13.8. The standard InChI is InChI=1S/C21H26N2O5/c1-15(2)14-20(3,4)21(5,16-9-7-6-8-10-16)28-19-12-11-17(22(24)25)13-18(19)23(26)27/h6-13,15H,14H2,1-5H3/t21-/m1/s1. The molecule has 2 rings (SSSR count). The minimum atomic E-state index is -0.889. The molecule has 0 aliphatic carbocycles. The molecule has 0 aromatic heterocycles. The summed E-state index contributed by atoms with van der Waals surface area (Å²) >= 11 is 0. The lowest BCUT2D eigenvalue weighted by Gasteiger charge is -2.45. The van der Waals surface area contributed by atoms with Gasteiger partial charge in [0.2, 0.25) is 0 Å². The Bertz CT molecular complexity index is 864. The second-order valence-electron chi connectivity index (χ2n) is 8.15. The summed E-state index contributed by atoms with van der Waals surface area (Å²) in [7, 11) is 0. The molecule has 0 aliphatic rings. The molecule has 7 heteroatoms. The summed E-state index contributed by atoms with van der Waals surface area (Å²) in [4.78, 5) is 21.3. The molecule has 0 saturated carbocycles. The van der Waals surface area contributed by atoms with E-state index in [4.69, 9.17) is 4.74 Å². The van der Waals surface area contributed by atoms with E-state index in [0.29, 0.717) is 5.92 Å². The summed E-state index contributed by atoms with van der Waals surface area (Å²) in [5.74, 6) is 0.396. The van der Waals surface area contributed by atoms with Crippen molar-refractivity contribution in [1.82, 2.24) is 0 Å². The smallest absolute Gasteiger partial charge is 0.317 e. The Morgan fingerprint density at radius 2 is 1.57 bits per heavy atom. The summed E-state index contributed by atoms with van der Waals surface area (Å²) in [5, 5.41) is 22.6. The minimum Gasteiger partial charge on any atom is -0.475 e. The topological polar surface area (TPSA) is 95.5 Å². The maximum Gasteiger partial charge on any atom is 0.317 e. The molecule has 1 atom stereocenters. The lowest BCUT2D eigenvalue weighted by molar-refractivity contribution is -0.395. The second kappa shape index (κ2) is 7.96. The van der Waals surface area contributed by atoms with Crippen molar-refractivity contribution < 1.29 is 14.6 Å². The summed E-state index contributed by atoms with van der Waals surface area (Å²) in [5.41, 5.74) is -1.15. The molecule has 150 valence electrons. The van der Waals surface area contributed by atoms with E-state index < -0.39 is 21.1 Å². The molecule has 0 spiro atoms. The van der Waals surface area contributed by atoms with Crippen LogP contribution >= 0.6 is 0 Å². The zero-order chi connectivity index (χ0) is 21.1. The fraction of sp³-hybridized carbons (Fsp3) is 0.429. The van der Waals surface area contributed by atoms with Crippen LogP contribution in [0.15, 0.2) is 48.5 Å². The summed E-state index contributed by atoms with van der Waals surface area (Å²) in [6.07, 6.45) is 0.819. The monoisotopic (exact) mass is 386 g/mol. The van der Waals surface area contributed by atoms with Crippen LogP contribution in [-0.2, 0) is 5.60 Å². The van der Waals surface area contributed by atoms with Gasteiger partial charge in [-0.25, -0.2) is 0 Å². The maximum absolute atomic E-state index is 11.5. The molecule has 0 saturated heterocycles. The van der Waals surface area contributed by atoms with Crippen LogP contribution in [0.2, 0.25) is 0 Å². The van der Waals surface area contributed by atoms with Gasteiger partial charge in [0.1, 0.15) is 5.60 Å². The molecular weight excluding hydrogens is 360 g/mol. The van der Waals surface area contributed by atoms with Crippen LogP contribution in [0.1, 0.15) is 46.6 Å². The first kappa shape index (κ1) is 21.3. The molecule has 0 N–H and O–H groups in total. The van der Waals surface area contributed by atoms with Crippen LogP contribution in [0.4, 0.5) is 11.4 Å². The van der Waals surface area contributed by atoms with Crippen LogP contribution in [0.3, 0.4) is 0 Å². The molecule has 0 bridgehead atoms. The first-order valence-corrected chi connectivity index (χ1v) is 9.15. The number of non-ortho nitro benzene ring substituents is 1. The van der Waals surface area contributed by atoms with Crippen LogP contribution in [0.5, 0.6) is 5.75 Å². The van der Waals surface area contributed by atoms with E-state index in [2.05, 4.69) is 27.7 Å². The lowest BCUT2D eigenvalue weighted by atomic mass is 9.67. The fourth-order valence-corrected chi connectivity index (χ4v) is 3.63. The Morgan fingerprint density at radius 3 is 2.07 bits per heavy atom. The Balaban J connectivity index is 2.61. The third-order valence-electron chi connectivity index (χ3n) is 5.20. The van der Waals surface area contributed by atoms with Crippen molar-refractivity contribution >= 4 is 11.4 Å². The molecule has 0 amide bonds. The van der Waals surface area contributed by atoms with Gasteiger partial charge >= 0.3 is 5.69 Å². The Morgan fingerprint density at radius 1 is 0.964 bits per heavy atom. The van der Waals surface area contributed by atoms with Crippen molar-refractivity contribution in [2.24, 2.45) is 11.3 Å². The molecule has 0 heterocycles. The molecule has 0 radical (unpaired) electrons. The van der Waals surface area contributed by atoms with Gasteiger partial charge < -0.3 is 4.74 Å². The number of hydrogen-bond acceptors (Lipinski definition) is 5. The van der Waals surface area contributed by atoms with Gasteiger partial charge in [0.05, 0.1) is 15.9 Å². The van der Waals surface area contributed by atoms with Crippen LogP contribution < -0.4 is 4.74 Å². The van der Waals surface area contributed by atoms with Gasteiger partial charge in [-0.05, 0) is 30.9 Å².